The van der Waals surface area contributed by atoms with Crippen LogP contribution in [0.3, 0.4) is 0 Å². The molecule has 3 rings (SSSR count). The molecule has 4 heteroatoms. The highest BCUT2D eigenvalue weighted by atomic mass is 15.2. The number of fused-ring (bicyclic) bond motifs is 3. The number of anilines is 1. The van der Waals surface area contributed by atoms with Gasteiger partial charge in [-0.05, 0) is 18.2 Å². The molecule has 2 aromatic rings. The lowest BCUT2D eigenvalue weighted by atomic mass is 10.2. The third-order valence-electron chi connectivity index (χ3n) is 2.62. The van der Waals surface area contributed by atoms with Gasteiger partial charge in [0.1, 0.15) is 5.82 Å². The molecule has 3 heterocycles. The standard InChI is InChI=1S/C10H12N4/c11-9-8-5-7-3-1-2-4-14(7)10(8)13-6-12-9/h1-5,9,12-13H,6,11H2. The number of aromatic nitrogens is 1. The molecular weight excluding hydrogens is 176 g/mol. The van der Waals surface area contributed by atoms with Crippen LogP contribution in [0, 0.1) is 0 Å². The fraction of sp³-hybridized carbons (Fsp3) is 0.200. The van der Waals surface area contributed by atoms with Gasteiger partial charge in [-0.25, -0.2) is 0 Å². The van der Waals surface area contributed by atoms with E-state index in [-0.39, 0.29) is 6.17 Å². The van der Waals surface area contributed by atoms with Gasteiger partial charge in [0.15, 0.2) is 0 Å². The largest absolute Gasteiger partial charge is 0.358 e. The second kappa shape index (κ2) is 2.73. The Morgan fingerprint density at radius 1 is 1.43 bits per heavy atom. The van der Waals surface area contributed by atoms with Crippen molar-refractivity contribution in [1.29, 1.82) is 0 Å². The maximum absolute atomic E-state index is 5.95. The van der Waals surface area contributed by atoms with Crippen LogP contribution in [0.5, 0.6) is 0 Å². The molecule has 0 aromatic carbocycles. The van der Waals surface area contributed by atoms with E-state index in [0.29, 0.717) is 0 Å². The summed E-state index contributed by atoms with van der Waals surface area (Å²) in [7, 11) is 0. The first-order valence-electron chi connectivity index (χ1n) is 4.69. The molecule has 0 radical (unpaired) electrons. The van der Waals surface area contributed by atoms with Gasteiger partial charge < -0.3 is 15.5 Å². The molecule has 0 aliphatic carbocycles. The third kappa shape index (κ3) is 0.950. The predicted molar refractivity (Wildman–Crippen MR) is 56.0 cm³/mol. The molecule has 0 amide bonds. The number of nitrogens with two attached hydrogens (primary N) is 1. The van der Waals surface area contributed by atoms with Crippen molar-refractivity contribution < 1.29 is 0 Å². The molecule has 1 unspecified atom stereocenters. The minimum absolute atomic E-state index is 0.0638. The quantitative estimate of drug-likeness (QED) is 0.575. The highest BCUT2D eigenvalue weighted by Gasteiger charge is 2.19. The fourth-order valence-electron chi connectivity index (χ4n) is 1.92. The van der Waals surface area contributed by atoms with Crippen LogP contribution < -0.4 is 16.4 Å². The molecule has 0 fully saturated rings. The van der Waals surface area contributed by atoms with Gasteiger partial charge in [0.2, 0.25) is 0 Å². The van der Waals surface area contributed by atoms with E-state index < -0.39 is 0 Å². The van der Waals surface area contributed by atoms with Crippen LogP contribution in [-0.2, 0) is 0 Å². The summed E-state index contributed by atoms with van der Waals surface area (Å²) in [6.45, 7) is 0.717. The highest BCUT2D eigenvalue weighted by molar-refractivity contribution is 5.64. The van der Waals surface area contributed by atoms with Gasteiger partial charge in [-0.15, -0.1) is 0 Å². The Hall–Kier alpha value is -1.52. The average molecular weight is 188 g/mol. The number of nitrogens with zero attached hydrogens (tertiary/aromatic N) is 1. The summed E-state index contributed by atoms with van der Waals surface area (Å²) in [5, 5.41) is 6.44. The summed E-state index contributed by atoms with van der Waals surface area (Å²) in [6, 6.07) is 8.23. The Bertz CT molecular complexity index is 474. The number of nitrogens with one attached hydrogen (secondary N) is 2. The number of hydrogen-bond donors (Lipinski definition) is 3. The van der Waals surface area contributed by atoms with Gasteiger partial charge in [0.05, 0.1) is 12.8 Å². The van der Waals surface area contributed by atoms with Crippen LogP contribution in [0.2, 0.25) is 0 Å². The molecule has 0 spiro atoms. The van der Waals surface area contributed by atoms with Gasteiger partial charge in [-0.3, -0.25) is 5.32 Å². The smallest absolute Gasteiger partial charge is 0.117 e. The van der Waals surface area contributed by atoms with E-state index >= 15 is 0 Å². The summed E-state index contributed by atoms with van der Waals surface area (Å²) < 4.78 is 2.12. The van der Waals surface area contributed by atoms with Gasteiger partial charge in [-0.2, -0.15) is 0 Å². The predicted octanol–water partition coefficient (Wildman–Crippen LogP) is 0.869. The third-order valence-corrected chi connectivity index (χ3v) is 2.62. The summed E-state index contributed by atoms with van der Waals surface area (Å²) >= 11 is 0. The molecule has 4 N–H and O–H groups in total. The molecule has 4 nitrogen and oxygen atoms in total. The summed E-state index contributed by atoms with van der Waals surface area (Å²) in [4.78, 5) is 0. The molecule has 1 atom stereocenters. The first kappa shape index (κ1) is 7.84. The summed E-state index contributed by atoms with van der Waals surface area (Å²) in [6.07, 6.45) is 1.98. The zero-order chi connectivity index (χ0) is 9.54. The summed E-state index contributed by atoms with van der Waals surface area (Å²) in [5.74, 6) is 1.10. The number of hydrogen-bond acceptors (Lipinski definition) is 3. The van der Waals surface area contributed by atoms with Crippen LogP contribution in [0.25, 0.3) is 5.52 Å². The van der Waals surface area contributed by atoms with Crippen molar-refractivity contribution >= 4 is 11.3 Å². The molecule has 1 aliphatic rings. The van der Waals surface area contributed by atoms with E-state index in [4.69, 9.17) is 5.73 Å². The molecular formula is C10H12N4. The van der Waals surface area contributed by atoms with Crippen molar-refractivity contribution in [3.8, 4) is 0 Å². The molecule has 0 saturated carbocycles. The number of rotatable bonds is 0. The molecule has 0 saturated heterocycles. The van der Waals surface area contributed by atoms with Crippen LogP contribution in [0.1, 0.15) is 11.7 Å². The monoisotopic (exact) mass is 188 g/mol. The number of pyridine rings is 1. The van der Waals surface area contributed by atoms with E-state index in [1.807, 2.05) is 18.3 Å². The van der Waals surface area contributed by atoms with Crippen molar-refractivity contribution in [3.05, 3.63) is 36.0 Å². The van der Waals surface area contributed by atoms with Crippen LogP contribution in [-0.4, -0.2) is 11.1 Å². The van der Waals surface area contributed by atoms with Crippen LogP contribution in [0.15, 0.2) is 30.5 Å². The zero-order valence-corrected chi connectivity index (χ0v) is 7.70. The van der Waals surface area contributed by atoms with Gasteiger partial charge in [0.25, 0.3) is 0 Å². The van der Waals surface area contributed by atoms with Crippen molar-refractivity contribution in [1.82, 2.24) is 9.72 Å². The lowest BCUT2D eigenvalue weighted by Crippen LogP contribution is -2.37. The normalized spacial score (nSPS) is 20.5. The molecule has 2 aromatic heterocycles. The Morgan fingerprint density at radius 2 is 2.36 bits per heavy atom. The van der Waals surface area contributed by atoms with Crippen LogP contribution in [0.4, 0.5) is 5.82 Å². The highest BCUT2D eigenvalue weighted by Crippen LogP contribution is 2.27. The Kier molecular flexibility index (Phi) is 1.53. The van der Waals surface area contributed by atoms with Crippen molar-refractivity contribution in [2.75, 3.05) is 12.0 Å². The second-order valence-electron chi connectivity index (χ2n) is 3.48. The van der Waals surface area contributed by atoms with Gasteiger partial charge >= 0.3 is 0 Å². The SMILES string of the molecule is NC1NCNc2c1cc1ccccn21. The first-order valence-corrected chi connectivity index (χ1v) is 4.69. The Morgan fingerprint density at radius 3 is 3.29 bits per heavy atom. The lowest BCUT2D eigenvalue weighted by molar-refractivity contribution is 0.559. The maximum atomic E-state index is 5.95. The van der Waals surface area contributed by atoms with E-state index in [9.17, 15) is 0 Å². The van der Waals surface area contributed by atoms with Gasteiger partial charge in [0, 0.05) is 17.3 Å². The van der Waals surface area contributed by atoms with E-state index in [1.165, 1.54) is 5.52 Å². The molecule has 1 aliphatic heterocycles. The lowest BCUT2D eigenvalue weighted by Gasteiger charge is -2.22. The maximum Gasteiger partial charge on any atom is 0.117 e. The second-order valence-corrected chi connectivity index (χ2v) is 3.48. The first-order chi connectivity index (χ1) is 6.86. The minimum Gasteiger partial charge on any atom is -0.358 e. The molecule has 0 bridgehead atoms. The van der Waals surface area contributed by atoms with E-state index in [2.05, 4.69) is 27.2 Å². The summed E-state index contributed by atoms with van der Waals surface area (Å²) in [5.41, 5.74) is 8.24. The van der Waals surface area contributed by atoms with Crippen molar-refractivity contribution in [2.45, 2.75) is 6.17 Å². The average Bonchev–Trinajstić information content (AvgIpc) is 2.59. The zero-order valence-electron chi connectivity index (χ0n) is 7.70. The van der Waals surface area contributed by atoms with Gasteiger partial charge in [-0.1, -0.05) is 6.07 Å². The molecule has 14 heavy (non-hydrogen) atoms. The minimum atomic E-state index is -0.0638. The van der Waals surface area contributed by atoms with Crippen molar-refractivity contribution in [2.24, 2.45) is 5.73 Å². The van der Waals surface area contributed by atoms with Crippen molar-refractivity contribution in [3.63, 3.8) is 0 Å². The van der Waals surface area contributed by atoms with E-state index in [0.717, 1.165) is 18.1 Å². The molecule has 72 valence electrons. The Labute approximate surface area is 81.7 Å². The van der Waals surface area contributed by atoms with E-state index in [1.54, 1.807) is 0 Å². The Balaban J connectivity index is 2.32. The topological polar surface area (TPSA) is 54.5 Å². The fourth-order valence-corrected chi connectivity index (χ4v) is 1.92. The van der Waals surface area contributed by atoms with Crippen LogP contribution >= 0.6 is 0 Å².